The van der Waals surface area contributed by atoms with Crippen LogP contribution in [0.3, 0.4) is 0 Å². The second-order valence-electron chi connectivity index (χ2n) is 4.05. The number of anilines is 2. The molecule has 0 fully saturated rings. The van der Waals surface area contributed by atoms with Crippen LogP contribution in [0.5, 0.6) is 0 Å². The predicted octanol–water partition coefficient (Wildman–Crippen LogP) is 1.68. The summed E-state index contributed by atoms with van der Waals surface area (Å²) >= 11 is 0. The van der Waals surface area contributed by atoms with Crippen molar-refractivity contribution in [2.45, 2.75) is 6.92 Å². The van der Waals surface area contributed by atoms with Crippen LogP contribution in [0.2, 0.25) is 0 Å². The molecule has 0 aliphatic carbocycles. The van der Waals surface area contributed by atoms with Crippen molar-refractivity contribution in [2.24, 2.45) is 0 Å². The van der Waals surface area contributed by atoms with E-state index in [4.69, 9.17) is 10.5 Å². The van der Waals surface area contributed by atoms with Gasteiger partial charge < -0.3 is 15.4 Å². The molecule has 0 bridgehead atoms. The molecule has 5 nitrogen and oxygen atoms in total. The van der Waals surface area contributed by atoms with Crippen molar-refractivity contribution in [3.05, 3.63) is 24.5 Å². The lowest BCUT2D eigenvalue weighted by Crippen LogP contribution is -2.27. The van der Waals surface area contributed by atoms with Crippen molar-refractivity contribution in [1.82, 2.24) is 9.97 Å². The molecule has 2 rings (SSSR count). The Labute approximate surface area is 107 Å². The first-order valence-corrected chi connectivity index (χ1v) is 6.00. The molecule has 0 saturated carbocycles. The van der Waals surface area contributed by atoms with E-state index in [0.717, 1.165) is 35.5 Å². The molecule has 18 heavy (non-hydrogen) atoms. The number of likely N-dealkylation sites (N-methyl/N-ethyl adjacent to an activating group) is 1. The van der Waals surface area contributed by atoms with Crippen LogP contribution >= 0.6 is 0 Å². The summed E-state index contributed by atoms with van der Waals surface area (Å²) in [5.41, 5.74) is 7.47. The minimum Gasteiger partial charge on any atom is -0.399 e. The Bertz CT molecular complexity index is 529. The first kappa shape index (κ1) is 12.6. The van der Waals surface area contributed by atoms with Gasteiger partial charge in [-0.05, 0) is 25.1 Å². The fourth-order valence-corrected chi connectivity index (χ4v) is 1.93. The van der Waals surface area contributed by atoms with Crippen LogP contribution in [0, 0.1) is 0 Å². The van der Waals surface area contributed by atoms with Gasteiger partial charge in [-0.2, -0.15) is 0 Å². The van der Waals surface area contributed by atoms with E-state index in [1.165, 1.54) is 0 Å². The summed E-state index contributed by atoms with van der Waals surface area (Å²) in [7, 11) is 1.70. The highest BCUT2D eigenvalue weighted by Crippen LogP contribution is 2.24. The second-order valence-corrected chi connectivity index (χ2v) is 4.05. The number of hydrogen-bond acceptors (Lipinski definition) is 5. The maximum Gasteiger partial charge on any atom is 0.140 e. The number of fused-ring (bicyclic) bond motifs is 1. The van der Waals surface area contributed by atoms with Crippen LogP contribution < -0.4 is 10.6 Å². The Kier molecular flexibility index (Phi) is 3.94. The molecule has 0 saturated heterocycles. The molecule has 0 aliphatic rings. The molecule has 0 aliphatic heterocycles. The third-order valence-electron chi connectivity index (χ3n) is 2.88. The first-order valence-electron chi connectivity index (χ1n) is 6.00. The summed E-state index contributed by atoms with van der Waals surface area (Å²) in [6, 6.07) is 5.69. The number of nitrogens with two attached hydrogens (primary N) is 1. The van der Waals surface area contributed by atoms with Gasteiger partial charge >= 0.3 is 0 Å². The van der Waals surface area contributed by atoms with Crippen molar-refractivity contribution < 1.29 is 4.74 Å². The SMILES string of the molecule is CCN(CCOC)c1ncnc2ccc(N)cc12. The quantitative estimate of drug-likeness (QED) is 0.813. The Morgan fingerprint density at radius 1 is 1.33 bits per heavy atom. The van der Waals surface area contributed by atoms with Gasteiger partial charge in [0, 0.05) is 31.3 Å². The Morgan fingerprint density at radius 3 is 2.89 bits per heavy atom. The maximum atomic E-state index is 5.84. The number of benzene rings is 1. The van der Waals surface area contributed by atoms with Crippen LogP contribution in [-0.4, -0.2) is 36.8 Å². The topological polar surface area (TPSA) is 64.3 Å². The van der Waals surface area contributed by atoms with E-state index in [1.54, 1.807) is 13.4 Å². The smallest absolute Gasteiger partial charge is 0.140 e. The lowest BCUT2D eigenvalue weighted by molar-refractivity contribution is 0.205. The molecule has 0 amide bonds. The van der Waals surface area contributed by atoms with Gasteiger partial charge in [0.15, 0.2) is 0 Å². The number of nitrogens with zero attached hydrogens (tertiary/aromatic N) is 3. The Morgan fingerprint density at radius 2 is 2.17 bits per heavy atom. The lowest BCUT2D eigenvalue weighted by atomic mass is 10.2. The van der Waals surface area contributed by atoms with Gasteiger partial charge in [0.1, 0.15) is 12.1 Å². The van der Waals surface area contributed by atoms with E-state index >= 15 is 0 Å². The zero-order chi connectivity index (χ0) is 13.0. The normalized spacial score (nSPS) is 10.8. The third kappa shape index (κ3) is 2.51. The number of rotatable bonds is 5. The molecule has 1 aromatic carbocycles. The number of hydrogen-bond donors (Lipinski definition) is 1. The van der Waals surface area contributed by atoms with E-state index in [0.29, 0.717) is 6.61 Å². The molecule has 0 unspecified atom stereocenters. The number of aromatic nitrogens is 2. The fraction of sp³-hybridized carbons (Fsp3) is 0.385. The van der Waals surface area contributed by atoms with Crippen LogP contribution in [0.15, 0.2) is 24.5 Å². The predicted molar refractivity (Wildman–Crippen MR) is 73.7 cm³/mol. The highest BCUT2D eigenvalue weighted by molar-refractivity contribution is 5.91. The molecule has 5 heteroatoms. The molecule has 0 spiro atoms. The van der Waals surface area contributed by atoms with Crippen LogP contribution in [-0.2, 0) is 4.74 Å². The van der Waals surface area contributed by atoms with Crippen molar-refractivity contribution in [3.63, 3.8) is 0 Å². The standard InChI is InChI=1S/C13H18N4O/c1-3-17(6-7-18-2)13-11-8-10(14)4-5-12(11)15-9-16-13/h4-5,8-9H,3,6-7,14H2,1-2H3. The molecule has 1 aromatic heterocycles. The molecule has 1 heterocycles. The van der Waals surface area contributed by atoms with Crippen LogP contribution in [0.1, 0.15) is 6.92 Å². The first-order chi connectivity index (χ1) is 8.76. The monoisotopic (exact) mass is 246 g/mol. The molecule has 0 atom stereocenters. The van der Waals surface area contributed by atoms with Gasteiger partial charge in [0.25, 0.3) is 0 Å². The minimum absolute atomic E-state index is 0.668. The van der Waals surface area contributed by atoms with E-state index in [-0.39, 0.29) is 0 Å². The number of ether oxygens (including phenoxy) is 1. The second kappa shape index (κ2) is 5.64. The summed E-state index contributed by atoms with van der Waals surface area (Å²) in [6.07, 6.45) is 1.59. The van der Waals surface area contributed by atoms with Gasteiger partial charge in [-0.25, -0.2) is 9.97 Å². The van der Waals surface area contributed by atoms with Gasteiger partial charge in [0.05, 0.1) is 12.1 Å². The average molecular weight is 246 g/mol. The highest BCUT2D eigenvalue weighted by atomic mass is 16.5. The summed E-state index contributed by atoms with van der Waals surface area (Å²) in [6.45, 7) is 4.43. The zero-order valence-corrected chi connectivity index (χ0v) is 10.8. The van der Waals surface area contributed by atoms with Gasteiger partial charge in [-0.15, -0.1) is 0 Å². The van der Waals surface area contributed by atoms with Crippen molar-refractivity contribution in [2.75, 3.05) is 37.4 Å². The van der Waals surface area contributed by atoms with Crippen molar-refractivity contribution >= 4 is 22.4 Å². The molecular formula is C13H18N4O. The van der Waals surface area contributed by atoms with Crippen LogP contribution in [0.25, 0.3) is 10.9 Å². The maximum absolute atomic E-state index is 5.84. The number of nitrogen functional groups attached to an aromatic ring is 1. The summed E-state index contributed by atoms with van der Waals surface area (Å²) in [5, 5.41) is 0.982. The van der Waals surface area contributed by atoms with Crippen molar-refractivity contribution in [1.29, 1.82) is 0 Å². The summed E-state index contributed by atoms with van der Waals surface area (Å²) in [4.78, 5) is 10.8. The average Bonchev–Trinajstić information content (AvgIpc) is 2.40. The summed E-state index contributed by atoms with van der Waals surface area (Å²) in [5.74, 6) is 0.909. The highest BCUT2D eigenvalue weighted by Gasteiger charge is 2.10. The summed E-state index contributed by atoms with van der Waals surface area (Å²) < 4.78 is 5.12. The molecule has 96 valence electrons. The zero-order valence-electron chi connectivity index (χ0n) is 10.8. The molecule has 2 N–H and O–H groups in total. The Balaban J connectivity index is 2.44. The van der Waals surface area contributed by atoms with E-state index in [2.05, 4.69) is 21.8 Å². The number of methoxy groups -OCH3 is 1. The largest absolute Gasteiger partial charge is 0.399 e. The van der Waals surface area contributed by atoms with Gasteiger partial charge in [-0.1, -0.05) is 0 Å². The van der Waals surface area contributed by atoms with Crippen LogP contribution in [0.4, 0.5) is 11.5 Å². The van der Waals surface area contributed by atoms with Crippen molar-refractivity contribution in [3.8, 4) is 0 Å². The lowest BCUT2D eigenvalue weighted by Gasteiger charge is -2.22. The third-order valence-corrected chi connectivity index (χ3v) is 2.88. The van der Waals surface area contributed by atoms with E-state index < -0.39 is 0 Å². The molecule has 0 radical (unpaired) electrons. The Hall–Kier alpha value is -1.88. The molecular weight excluding hydrogens is 228 g/mol. The van der Waals surface area contributed by atoms with E-state index in [1.807, 2.05) is 18.2 Å². The molecule has 2 aromatic rings. The van der Waals surface area contributed by atoms with Gasteiger partial charge in [0.2, 0.25) is 0 Å². The van der Waals surface area contributed by atoms with Gasteiger partial charge in [-0.3, -0.25) is 0 Å². The van der Waals surface area contributed by atoms with E-state index in [9.17, 15) is 0 Å². The fourth-order valence-electron chi connectivity index (χ4n) is 1.93. The minimum atomic E-state index is 0.668.